The van der Waals surface area contributed by atoms with E-state index >= 15 is 0 Å². The molecular weight excluding hydrogens is 280 g/mol. The van der Waals surface area contributed by atoms with Crippen molar-refractivity contribution >= 4 is 17.9 Å². The molecule has 0 saturated carbocycles. The van der Waals surface area contributed by atoms with Gasteiger partial charge in [-0.3, -0.25) is 25.0 Å². The summed E-state index contributed by atoms with van der Waals surface area (Å²) in [7, 11) is 0. The molecule has 1 unspecified atom stereocenters. The normalized spacial score (nSPS) is 18.1. The summed E-state index contributed by atoms with van der Waals surface area (Å²) >= 11 is 0. The molecule has 0 spiro atoms. The first kappa shape index (κ1) is 14.2. The molecule has 2 N–H and O–H groups in total. The highest BCUT2D eigenvalue weighted by Gasteiger charge is 2.29. The van der Waals surface area contributed by atoms with Crippen molar-refractivity contribution in [3.8, 4) is 11.1 Å². The van der Waals surface area contributed by atoms with E-state index in [9.17, 15) is 9.59 Å². The Bertz CT molecular complexity index is 763. The van der Waals surface area contributed by atoms with Crippen molar-refractivity contribution in [3.63, 3.8) is 0 Å². The van der Waals surface area contributed by atoms with E-state index in [1.807, 2.05) is 13.0 Å². The minimum Gasteiger partial charge on any atom is -0.296 e. The van der Waals surface area contributed by atoms with Crippen molar-refractivity contribution in [2.75, 3.05) is 0 Å². The van der Waals surface area contributed by atoms with Crippen molar-refractivity contribution in [2.24, 2.45) is 0 Å². The maximum absolute atomic E-state index is 11.9. The number of hydrogen-bond donors (Lipinski definition) is 2. The first-order valence-corrected chi connectivity index (χ1v) is 7.06. The minimum atomic E-state index is -0.367. The number of aromatic nitrogens is 3. The van der Waals surface area contributed by atoms with Gasteiger partial charge in [-0.05, 0) is 31.1 Å². The van der Waals surface area contributed by atoms with Gasteiger partial charge in [0.25, 0.3) is 0 Å². The molecule has 6 nitrogen and oxygen atoms in total. The van der Waals surface area contributed by atoms with Crippen LogP contribution in [0.25, 0.3) is 17.2 Å². The summed E-state index contributed by atoms with van der Waals surface area (Å²) < 4.78 is 0. The Kier molecular flexibility index (Phi) is 3.58. The van der Waals surface area contributed by atoms with Gasteiger partial charge in [-0.1, -0.05) is 6.58 Å². The monoisotopic (exact) mass is 296 g/mol. The minimum absolute atomic E-state index is 0.219. The summed E-state index contributed by atoms with van der Waals surface area (Å²) in [5.74, 6) is -0.858. The van der Waals surface area contributed by atoms with Crippen LogP contribution in [0.5, 0.6) is 0 Å². The highest BCUT2D eigenvalue weighted by molar-refractivity contribution is 6.00. The van der Waals surface area contributed by atoms with E-state index in [4.69, 9.17) is 0 Å². The molecule has 1 aliphatic rings. The lowest BCUT2D eigenvalue weighted by molar-refractivity contribution is -0.134. The van der Waals surface area contributed by atoms with Crippen LogP contribution in [0.1, 0.15) is 35.7 Å². The number of carbonyl (C=O) groups excluding carboxylic acids is 2. The van der Waals surface area contributed by atoms with Gasteiger partial charge in [0.1, 0.15) is 0 Å². The van der Waals surface area contributed by atoms with Gasteiger partial charge >= 0.3 is 0 Å². The number of rotatable bonds is 3. The predicted molar refractivity (Wildman–Crippen MR) is 81.8 cm³/mol. The Morgan fingerprint density at radius 1 is 1.32 bits per heavy atom. The van der Waals surface area contributed by atoms with Crippen molar-refractivity contribution < 1.29 is 9.59 Å². The number of aromatic amines is 1. The first-order chi connectivity index (χ1) is 10.6. The van der Waals surface area contributed by atoms with E-state index in [-0.39, 0.29) is 17.7 Å². The highest BCUT2D eigenvalue weighted by atomic mass is 16.2. The van der Waals surface area contributed by atoms with Gasteiger partial charge in [0.15, 0.2) is 0 Å². The highest BCUT2D eigenvalue weighted by Crippen LogP contribution is 2.29. The summed E-state index contributed by atoms with van der Waals surface area (Å²) in [6.07, 6.45) is 6.02. The van der Waals surface area contributed by atoms with Gasteiger partial charge in [-0.15, -0.1) is 0 Å². The molecule has 3 heterocycles. The molecule has 6 heteroatoms. The number of imide groups is 1. The Labute approximate surface area is 127 Å². The van der Waals surface area contributed by atoms with Gasteiger partial charge in [0.2, 0.25) is 11.8 Å². The number of piperidine rings is 1. The zero-order chi connectivity index (χ0) is 15.7. The van der Waals surface area contributed by atoms with Crippen LogP contribution in [0.15, 0.2) is 25.0 Å². The fraction of sp³-hybridized carbons (Fsp3) is 0.250. The van der Waals surface area contributed by atoms with Crippen LogP contribution in [0.4, 0.5) is 0 Å². The number of H-pyrrole nitrogens is 1. The molecule has 3 rings (SSSR count). The van der Waals surface area contributed by atoms with Crippen LogP contribution in [0.2, 0.25) is 0 Å². The second kappa shape index (κ2) is 5.55. The largest absolute Gasteiger partial charge is 0.296 e. The molecule has 0 radical (unpaired) electrons. The van der Waals surface area contributed by atoms with Gasteiger partial charge < -0.3 is 0 Å². The molecular formula is C16H16N4O2. The van der Waals surface area contributed by atoms with E-state index in [1.165, 1.54) is 0 Å². The lowest BCUT2D eigenvalue weighted by Gasteiger charge is -2.21. The molecule has 1 saturated heterocycles. The molecule has 2 aromatic rings. The van der Waals surface area contributed by atoms with Crippen molar-refractivity contribution in [3.05, 3.63) is 42.0 Å². The number of nitrogens with one attached hydrogen (secondary N) is 2. The molecule has 2 amide bonds. The Balaban J connectivity index is 1.94. The molecule has 112 valence electrons. The first-order valence-electron chi connectivity index (χ1n) is 7.06. The second-order valence-electron chi connectivity index (χ2n) is 5.33. The molecule has 1 atom stereocenters. The third-order valence-electron chi connectivity index (χ3n) is 3.89. The third kappa shape index (κ3) is 2.43. The molecule has 2 aromatic heterocycles. The van der Waals surface area contributed by atoms with Crippen LogP contribution >= 0.6 is 0 Å². The smallest absolute Gasteiger partial charge is 0.235 e. The molecule has 0 aliphatic carbocycles. The summed E-state index contributed by atoms with van der Waals surface area (Å²) in [5, 5.41) is 9.25. The zero-order valence-corrected chi connectivity index (χ0v) is 12.2. The number of aryl methyl sites for hydroxylation is 1. The van der Waals surface area contributed by atoms with Crippen LogP contribution < -0.4 is 5.32 Å². The van der Waals surface area contributed by atoms with Crippen molar-refractivity contribution in [2.45, 2.75) is 25.7 Å². The van der Waals surface area contributed by atoms with Gasteiger partial charge in [-0.2, -0.15) is 5.10 Å². The fourth-order valence-electron chi connectivity index (χ4n) is 2.69. The van der Waals surface area contributed by atoms with Gasteiger partial charge in [0.05, 0.1) is 23.5 Å². The number of nitrogens with zero attached hydrogens (tertiary/aromatic N) is 2. The molecule has 0 bridgehead atoms. The Morgan fingerprint density at radius 3 is 2.82 bits per heavy atom. The Hall–Kier alpha value is -2.76. The quantitative estimate of drug-likeness (QED) is 0.847. The number of carbonyl (C=O) groups is 2. The lowest BCUT2D eigenvalue weighted by atomic mass is 9.92. The van der Waals surface area contributed by atoms with Crippen LogP contribution in [0.3, 0.4) is 0 Å². The maximum Gasteiger partial charge on any atom is 0.235 e. The standard InChI is InChI=1S/C16H16N4O2/c1-3-13-12(8-18-20-13)11-7-17-14(6-9(11)2)10-4-5-15(21)19-16(10)22/h3,6-8,10H,1,4-5H2,2H3,(H,18,20)(H,19,21,22). The number of amides is 2. The average Bonchev–Trinajstić information content (AvgIpc) is 2.95. The fourth-order valence-corrected chi connectivity index (χ4v) is 2.69. The molecule has 0 aromatic carbocycles. The van der Waals surface area contributed by atoms with E-state index < -0.39 is 0 Å². The average molecular weight is 296 g/mol. The topological polar surface area (TPSA) is 87.7 Å². The zero-order valence-electron chi connectivity index (χ0n) is 12.2. The maximum atomic E-state index is 11.9. The number of hydrogen-bond acceptors (Lipinski definition) is 4. The lowest BCUT2D eigenvalue weighted by Crippen LogP contribution is -2.39. The molecule has 22 heavy (non-hydrogen) atoms. The third-order valence-corrected chi connectivity index (χ3v) is 3.89. The summed E-state index contributed by atoms with van der Waals surface area (Å²) in [5.41, 5.74) is 4.39. The number of pyridine rings is 1. The van der Waals surface area contributed by atoms with Crippen LogP contribution in [-0.4, -0.2) is 27.0 Å². The molecule has 1 aliphatic heterocycles. The summed E-state index contributed by atoms with van der Waals surface area (Å²) in [6, 6.07) is 1.90. The van der Waals surface area contributed by atoms with Crippen molar-refractivity contribution in [1.82, 2.24) is 20.5 Å². The van der Waals surface area contributed by atoms with E-state index in [2.05, 4.69) is 27.1 Å². The van der Waals surface area contributed by atoms with Gasteiger partial charge in [-0.25, -0.2) is 0 Å². The van der Waals surface area contributed by atoms with Crippen LogP contribution in [0, 0.1) is 6.92 Å². The second-order valence-corrected chi connectivity index (χ2v) is 5.33. The predicted octanol–water partition coefficient (Wildman–Crippen LogP) is 1.94. The van der Waals surface area contributed by atoms with E-state index in [1.54, 1.807) is 18.5 Å². The van der Waals surface area contributed by atoms with E-state index in [0.29, 0.717) is 18.5 Å². The van der Waals surface area contributed by atoms with Gasteiger partial charge in [0, 0.05) is 23.7 Å². The summed E-state index contributed by atoms with van der Waals surface area (Å²) in [6.45, 7) is 5.72. The summed E-state index contributed by atoms with van der Waals surface area (Å²) in [4.78, 5) is 27.6. The Morgan fingerprint density at radius 2 is 2.14 bits per heavy atom. The SMILES string of the molecule is C=Cc1[nH]ncc1-c1cnc(C2CCC(=O)NC2=O)cc1C. The van der Waals surface area contributed by atoms with Crippen LogP contribution in [-0.2, 0) is 9.59 Å². The van der Waals surface area contributed by atoms with E-state index in [0.717, 1.165) is 22.4 Å². The molecule has 1 fully saturated rings. The van der Waals surface area contributed by atoms with Crippen molar-refractivity contribution in [1.29, 1.82) is 0 Å².